The van der Waals surface area contributed by atoms with E-state index >= 15 is 0 Å². The Labute approximate surface area is 145 Å². The van der Waals surface area contributed by atoms with E-state index in [1.54, 1.807) is 26.0 Å². The first kappa shape index (κ1) is 18.9. The van der Waals surface area contributed by atoms with E-state index < -0.39 is 10.0 Å². The predicted molar refractivity (Wildman–Crippen MR) is 95.3 cm³/mol. The van der Waals surface area contributed by atoms with E-state index in [9.17, 15) is 13.2 Å². The van der Waals surface area contributed by atoms with Crippen LogP contribution >= 0.6 is 0 Å². The van der Waals surface area contributed by atoms with Crippen LogP contribution in [0.15, 0.2) is 29.2 Å². The van der Waals surface area contributed by atoms with Gasteiger partial charge in [0.05, 0.1) is 4.90 Å². The molecule has 3 unspecified atom stereocenters. The summed E-state index contributed by atoms with van der Waals surface area (Å²) >= 11 is 0. The summed E-state index contributed by atoms with van der Waals surface area (Å²) in [6.45, 7) is 7.91. The van der Waals surface area contributed by atoms with E-state index in [4.69, 9.17) is 0 Å². The van der Waals surface area contributed by atoms with Crippen molar-refractivity contribution in [1.29, 1.82) is 0 Å². The Morgan fingerprint density at radius 1 is 1.21 bits per heavy atom. The fourth-order valence-corrected chi connectivity index (χ4v) is 4.52. The summed E-state index contributed by atoms with van der Waals surface area (Å²) in [6.07, 6.45) is 3.29. The molecule has 0 radical (unpaired) electrons. The van der Waals surface area contributed by atoms with Crippen molar-refractivity contribution in [3.8, 4) is 0 Å². The van der Waals surface area contributed by atoms with E-state index in [-0.39, 0.29) is 22.9 Å². The van der Waals surface area contributed by atoms with Gasteiger partial charge in [-0.15, -0.1) is 0 Å². The molecule has 6 heteroatoms. The van der Waals surface area contributed by atoms with Crippen LogP contribution in [0, 0.1) is 11.8 Å². The van der Waals surface area contributed by atoms with Gasteiger partial charge in [0.1, 0.15) is 0 Å². The molecule has 24 heavy (non-hydrogen) atoms. The van der Waals surface area contributed by atoms with Gasteiger partial charge in [0, 0.05) is 17.6 Å². The topological polar surface area (TPSA) is 75.3 Å². The van der Waals surface area contributed by atoms with Crippen LogP contribution in [0.2, 0.25) is 0 Å². The van der Waals surface area contributed by atoms with Gasteiger partial charge in [-0.1, -0.05) is 32.8 Å². The van der Waals surface area contributed by atoms with E-state index in [1.807, 2.05) is 0 Å². The summed E-state index contributed by atoms with van der Waals surface area (Å²) in [5, 5.41) is 3.08. The zero-order chi connectivity index (χ0) is 17.9. The first-order valence-electron chi connectivity index (χ1n) is 8.64. The number of benzene rings is 1. The third-order valence-electron chi connectivity index (χ3n) is 4.82. The number of amides is 1. The van der Waals surface area contributed by atoms with Crippen molar-refractivity contribution in [2.45, 2.75) is 63.9 Å². The number of hydrogen-bond acceptors (Lipinski definition) is 3. The summed E-state index contributed by atoms with van der Waals surface area (Å²) in [7, 11) is -3.60. The molecule has 2 N–H and O–H groups in total. The highest BCUT2D eigenvalue weighted by Gasteiger charge is 2.28. The van der Waals surface area contributed by atoms with Crippen LogP contribution in [0.1, 0.15) is 57.3 Å². The Kier molecular flexibility index (Phi) is 6.04. The van der Waals surface area contributed by atoms with Gasteiger partial charge in [-0.05, 0) is 50.3 Å². The molecule has 1 aromatic rings. The van der Waals surface area contributed by atoms with Crippen molar-refractivity contribution >= 4 is 15.9 Å². The summed E-state index contributed by atoms with van der Waals surface area (Å²) in [5.74, 6) is 0.811. The summed E-state index contributed by atoms with van der Waals surface area (Å²) < 4.78 is 27.1. The number of carbonyl (C=O) groups is 1. The molecular weight excluding hydrogens is 324 g/mol. The lowest BCUT2D eigenvalue weighted by Gasteiger charge is -2.34. The molecule has 0 bridgehead atoms. The Hall–Kier alpha value is -1.40. The maximum absolute atomic E-state index is 12.5. The molecule has 3 atom stereocenters. The maximum Gasteiger partial charge on any atom is 0.251 e. The Morgan fingerprint density at radius 2 is 1.92 bits per heavy atom. The molecule has 1 saturated carbocycles. The number of hydrogen-bond donors (Lipinski definition) is 2. The van der Waals surface area contributed by atoms with Gasteiger partial charge in [-0.2, -0.15) is 0 Å². The minimum Gasteiger partial charge on any atom is -0.349 e. The average molecular weight is 353 g/mol. The highest BCUT2D eigenvalue weighted by molar-refractivity contribution is 7.89. The van der Waals surface area contributed by atoms with Crippen molar-refractivity contribution in [2.24, 2.45) is 11.8 Å². The lowest BCUT2D eigenvalue weighted by atomic mass is 9.78. The van der Waals surface area contributed by atoms with Gasteiger partial charge in [-0.25, -0.2) is 13.1 Å². The molecule has 0 spiro atoms. The van der Waals surface area contributed by atoms with E-state index in [0.29, 0.717) is 17.4 Å². The molecule has 134 valence electrons. The zero-order valence-corrected chi connectivity index (χ0v) is 15.7. The van der Waals surface area contributed by atoms with Crippen LogP contribution in [0.25, 0.3) is 0 Å². The van der Waals surface area contributed by atoms with Gasteiger partial charge in [0.25, 0.3) is 5.91 Å². The lowest BCUT2D eigenvalue weighted by molar-refractivity contribution is 0.0891. The van der Waals surface area contributed by atoms with Crippen LogP contribution < -0.4 is 10.0 Å². The second-order valence-corrected chi connectivity index (χ2v) is 8.87. The smallest absolute Gasteiger partial charge is 0.251 e. The number of rotatable bonds is 5. The van der Waals surface area contributed by atoms with Crippen LogP contribution in [0.5, 0.6) is 0 Å². The van der Waals surface area contributed by atoms with E-state index in [2.05, 4.69) is 23.9 Å². The zero-order valence-electron chi connectivity index (χ0n) is 14.9. The first-order chi connectivity index (χ1) is 11.2. The molecule has 2 rings (SSSR count). The summed E-state index contributed by atoms with van der Waals surface area (Å²) in [6, 6.07) is 6.16. The fraction of sp³-hybridized carbons (Fsp3) is 0.611. The van der Waals surface area contributed by atoms with Crippen LogP contribution in [0.4, 0.5) is 0 Å². The van der Waals surface area contributed by atoms with Gasteiger partial charge in [0.15, 0.2) is 0 Å². The Morgan fingerprint density at radius 3 is 2.58 bits per heavy atom. The normalized spacial score (nSPS) is 24.8. The van der Waals surface area contributed by atoms with Crippen molar-refractivity contribution in [3.63, 3.8) is 0 Å². The highest BCUT2D eigenvalue weighted by Crippen LogP contribution is 2.29. The predicted octanol–water partition coefficient (Wildman–Crippen LogP) is 2.93. The summed E-state index contributed by atoms with van der Waals surface area (Å²) in [4.78, 5) is 12.7. The number of carbonyl (C=O) groups excluding carboxylic acids is 1. The van der Waals surface area contributed by atoms with Crippen LogP contribution in [-0.4, -0.2) is 26.4 Å². The number of nitrogens with one attached hydrogen (secondary N) is 2. The Bertz CT molecular complexity index is 685. The molecule has 5 nitrogen and oxygen atoms in total. The highest BCUT2D eigenvalue weighted by atomic mass is 32.2. The number of sulfonamides is 1. The molecular formula is C18H28N2O3S. The van der Waals surface area contributed by atoms with Crippen molar-refractivity contribution < 1.29 is 13.2 Å². The minimum absolute atomic E-state index is 0.119. The molecule has 1 fully saturated rings. The monoisotopic (exact) mass is 352 g/mol. The molecule has 1 aromatic carbocycles. The minimum atomic E-state index is -3.60. The van der Waals surface area contributed by atoms with Crippen LogP contribution in [-0.2, 0) is 10.0 Å². The van der Waals surface area contributed by atoms with Gasteiger partial charge < -0.3 is 5.32 Å². The quantitative estimate of drug-likeness (QED) is 0.855. The fourth-order valence-electron chi connectivity index (χ4n) is 3.22. The molecule has 0 saturated heterocycles. The van der Waals surface area contributed by atoms with Crippen LogP contribution in [0.3, 0.4) is 0 Å². The molecule has 0 aromatic heterocycles. The van der Waals surface area contributed by atoms with E-state index in [0.717, 1.165) is 12.8 Å². The second kappa shape index (κ2) is 7.66. The second-order valence-electron chi connectivity index (χ2n) is 7.15. The third kappa shape index (κ3) is 4.57. The van der Waals surface area contributed by atoms with Gasteiger partial charge in [0.2, 0.25) is 10.0 Å². The van der Waals surface area contributed by atoms with Crippen molar-refractivity contribution in [1.82, 2.24) is 10.0 Å². The third-order valence-corrected chi connectivity index (χ3v) is 6.48. The standard InChI is InChI=1S/C18H28N2O3S/c1-12(2)20-24(22,23)16-9-6-8-15(11-16)18(21)19-17-10-5-7-13(3)14(17)4/h6,8-9,11-14,17,20H,5,7,10H2,1-4H3,(H,19,21). The molecule has 1 aliphatic carbocycles. The molecule has 0 heterocycles. The SMILES string of the molecule is CC(C)NS(=O)(=O)c1cccc(C(=O)NC2CCCC(C)C2C)c1. The van der Waals surface area contributed by atoms with Gasteiger partial charge in [-0.3, -0.25) is 4.79 Å². The largest absolute Gasteiger partial charge is 0.349 e. The summed E-state index contributed by atoms with van der Waals surface area (Å²) in [5.41, 5.74) is 0.382. The Balaban J connectivity index is 2.15. The molecule has 1 aliphatic rings. The lowest BCUT2D eigenvalue weighted by Crippen LogP contribution is -2.43. The van der Waals surface area contributed by atoms with Crippen molar-refractivity contribution in [2.75, 3.05) is 0 Å². The maximum atomic E-state index is 12.5. The molecule has 0 aliphatic heterocycles. The first-order valence-corrected chi connectivity index (χ1v) is 10.1. The van der Waals surface area contributed by atoms with Crippen molar-refractivity contribution in [3.05, 3.63) is 29.8 Å². The average Bonchev–Trinajstić information content (AvgIpc) is 2.51. The molecule has 1 amide bonds. The van der Waals surface area contributed by atoms with Gasteiger partial charge >= 0.3 is 0 Å². The van der Waals surface area contributed by atoms with E-state index in [1.165, 1.54) is 18.6 Å².